The highest BCUT2D eigenvalue weighted by Crippen LogP contribution is 2.25. The summed E-state index contributed by atoms with van der Waals surface area (Å²) >= 11 is 0. The third kappa shape index (κ3) is 4.81. The van der Waals surface area contributed by atoms with Crippen LogP contribution in [0.5, 0.6) is 0 Å². The molecule has 132 valence electrons. The van der Waals surface area contributed by atoms with Crippen molar-refractivity contribution >= 4 is 18.0 Å². The Kier molecular flexibility index (Phi) is 6.37. The Morgan fingerprint density at radius 3 is 2.62 bits per heavy atom. The molecular formula is C19H29N3O2. The average Bonchev–Trinajstić information content (AvgIpc) is 2.56. The van der Waals surface area contributed by atoms with Crippen molar-refractivity contribution in [1.82, 2.24) is 9.80 Å². The Bertz CT molecular complexity index is 605. The van der Waals surface area contributed by atoms with E-state index in [1.54, 1.807) is 0 Å². The minimum atomic E-state index is -0.216. The smallest absolute Gasteiger partial charge is 0.338 e. The maximum Gasteiger partial charge on any atom is 0.338 e. The lowest BCUT2D eigenvalue weighted by Crippen LogP contribution is -2.35. The monoisotopic (exact) mass is 331 g/mol. The molecule has 0 N–H and O–H groups in total. The number of benzene rings is 1. The van der Waals surface area contributed by atoms with Gasteiger partial charge in [0, 0.05) is 26.7 Å². The molecule has 1 aromatic carbocycles. The first-order valence-electron chi connectivity index (χ1n) is 8.66. The van der Waals surface area contributed by atoms with Gasteiger partial charge in [-0.1, -0.05) is 0 Å². The van der Waals surface area contributed by atoms with Crippen LogP contribution in [0, 0.1) is 13.8 Å². The van der Waals surface area contributed by atoms with Gasteiger partial charge in [0.15, 0.2) is 0 Å². The summed E-state index contributed by atoms with van der Waals surface area (Å²) in [4.78, 5) is 21.3. The molecule has 0 saturated carbocycles. The molecule has 2 rings (SSSR count). The first-order valence-corrected chi connectivity index (χ1v) is 8.66. The second-order valence-electron chi connectivity index (χ2n) is 6.68. The van der Waals surface area contributed by atoms with Crippen LogP contribution in [0.15, 0.2) is 17.1 Å². The highest BCUT2D eigenvalue weighted by molar-refractivity contribution is 5.92. The number of hydrogen-bond donors (Lipinski definition) is 0. The zero-order valence-electron chi connectivity index (χ0n) is 15.5. The van der Waals surface area contributed by atoms with E-state index in [0.29, 0.717) is 5.56 Å². The minimum absolute atomic E-state index is 0.0318. The van der Waals surface area contributed by atoms with Crippen molar-refractivity contribution in [3.8, 4) is 0 Å². The lowest BCUT2D eigenvalue weighted by molar-refractivity contribution is 0.0138. The molecule has 0 spiro atoms. The Morgan fingerprint density at radius 1 is 1.33 bits per heavy atom. The topological polar surface area (TPSA) is 45.1 Å². The predicted molar refractivity (Wildman–Crippen MR) is 98.3 cm³/mol. The van der Waals surface area contributed by atoms with E-state index in [-0.39, 0.29) is 12.1 Å². The fourth-order valence-corrected chi connectivity index (χ4v) is 2.72. The van der Waals surface area contributed by atoms with Crippen molar-refractivity contribution in [2.75, 3.05) is 33.7 Å². The van der Waals surface area contributed by atoms with E-state index in [4.69, 9.17) is 4.74 Å². The van der Waals surface area contributed by atoms with Gasteiger partial charge in [-0.15, -0.1) is 0 Å². The molecule has 1 aliphatic rings. The van der Waals surface area contributed by atoms with Crippen molar-refractivity contribution in [3.05, 3.63) is 28.8 Å². The Labute approximate surface area is 145 Å². The second-order valence-corrected chi connectivity index (χ2v) is 6.68. The number of hydrogen-bond acceptors (Lipinski definition) is 4. The van der Waals surface area contributed by atoms with Crippen LogP contribution in [0.4, 0.5) is 5.69 Å². The van der Waals surface area contributed by atoms with E-state index < -0.39 is 0 Å². The summed E-state index contributed by atoms with van der Waals surface area (Å²) in [6.45, 7) is 8.86. The third-order valence-corrected chi connectivity index (χ3v) is 4.59. The second kappa shape index (κ2) is 8.29. The Morgan fingerprint density at radius 2 is 2.00 bits per heavy atom. The summed E-state index contributed by atoms with van der Waals surface area (Å²) in [5, 5.41) is 0. The molecule has 0 aliphatic carbocycles. The van der Waals surface area contributed by atoms with Gasteiger partial charge in [0.1, 0.15) is 6.10 Å². The molecule has 24 heavy (non-hydrogen) atoms. The van der Waals surface area contributed by atoms with Crippen LogP contribution in [0.3, 0.4) is 0 Å². The molecular weight excluding hydrogens is 302 g/mol. The SMILES string of the molecule is CCN(C)C=Nc1cc(C)c(C(=O)OC2CCN(C)CC2)cc1C. The molecule has 0 bridgehead atoms. The first-order chi connectivity index (χ1) is 11.4. The van der Waals surface area contributed by atoms with Crippen molar-refractivity contribution in [1.29, 1.82) is 0 Å². The summed E-state index contributed by atoms with van der Waals surface area (Å²) in [5.74, 6) is -0.216. The first kappa shape index (κ1) is 18.5. The highest BCUT2D eigenvalue weighted by atomic mass is 16.5. The molecule has 0 amide bonds. The number of carbonyl (C=O) groups excluding carboxylic acids is 1. The van der Waals surface area contributed by atoms with Crippen molar-refractivity contribution in [2.45, 2.75) is 39.7 Å². The van der Waals surface area contributed by atoms with Gasteiger partial charge in [-0.3, -0.25) is 0 Å². The standard InChI is InChI=1S/C19H29N3O2/c1-6-21(4)13-20-18-12-14(2)17(11-15(18)3)19(23)24-16-7-9-22(5)10-8-16/h11-13,16H,6-10H2,1-5H3. The van der Waals surface area contributed by atoms with Gasteiger partial charge in [-0.2, -0.15) is 0 Å². The molecule has 1 heterocycles. The quantitative estimate of drug-likeness (QED) is 0.472. The lowest BCUT2D eigenvalue weighted by Gasteiger charge is -2.28. The molecule has 5 nitrogen and oxygen atoms in total. The van der Waals surface area contributed by atoms with Crippen LogP contribution in [0.25, 0.3) is 0 Å². The van der Waals surface area contributed by atoms with Gasteiger partial charge in [-0.25, -0.2) is 9.79 Å². The maximum absolute atomic E-state index is 12.5. The van der Waals surface area contributed by atoms with Gasteiger partial charge < -0.3 is 14.5 Å². The number of aliphatic imine (C=N–C) groups is 1. The van der Waals surface area contributed by atoms with Crippen LogP contribution in [-0.2, 0) is 4.74 Å². The fourth-order valence-electron chi connectivity index (χ4n) is 2.72. The van der Waals surface area contributed by atoms with Crippen molar-refractivity contribution in [3.63, 3.8) is 0 Å². The van der Waals surface area contributed by atoms with E-state index >= 15 is 0 Å². The van der Waals surface area contributed by atoms with Crippen LogP contribution < -0.4 is 0 Å². The summed E-state index contributed by atoms with van der Waals surface area (Å²) in [6.07, 6.45) is 3.67. The average molecular weight is 331 g/mol. The molecule has 1 saturated heterocycles. The van der Waals surface area contributed by atoms with Crippen LogP contribution >= 0.6 is 0 Å². The number of likely N-dealkylation sites (tertiary alicyclic amines) is 1. The molecule has 5 heteroatoms. The van der Waals surface area contributed by atoms with E-state index in [2.05, 4.69) is 23.9 Å². The number of aryl methyl sites for hydroxylation is 2. The summed E-state index contributed by atoms with van der Waals surface area (Å²) in [7, 11) is 4.08. The number of piperidine rings is 1. The summed E-state index contributed by atoms with van der Waals surface area (Å²) < 4.78 is 5.70. The molecule has 1 aliphatic heterocycles. The molecule has 1 fully saturated rings. The van der Waals surface area contributed by atoms with Crippen molar-refractivity contribution in [2.24, 2.45) is 4.99 Å². The highest BCUT2D eigenvalue weighted by Gasteiger charge is 2.22. The van der Waals surface area contributed by atoms with Gasteiger partial charge in [0.25, 0.3) is 0 Å². The van der Waals surface area contributed by atoms with E-state index in [9.17, 15) is 4.79 Å². The van der Waals surface area contributed by atoms with E-state index in [0.717, 1.165) is 49.3 Å². The fraction of sp³-hybridized carbons (Fsp3) is 0.579. The molecule has 0 aromatic heterocycles. The molecule has 1 aromatic rings. The summed E-state index contributed by atoms with van der Waals surface area (Å²) in [5.41, 5.74) is 3.43. The Balaban J connectivity index is 2.09. The van der Waals surface area contributed by atoms with E-state index in [1.165, 1.54) is 0 Å². The number of ether oxygens (including phenoxy) is 1. The number of carbonyl (C=O) groups is 1. The van der Waals surface area contributed by atoms with Crippen LogP contribution in [0.1, 0.15) is 41.3 Å². The number of rotatable bonds is 5. The maximum atomic E-state index is 12.5. The van der Waals surface area contributed by atoms with Gasteiger partial charge in [-0.05, 0) is 63.9 Å². The molecule has 0 atom stereocenters. The number of nitrogens with zero attached hydrogens (tertiary/aromatic N) is 3. The largest absolute Gasteiger partial charge is 0.459 e. The molecule has 0 unspecified atom stereocenters. The number of esters is 1. The van der Waals surface area contributed by atoms with Crippen LogP contribution in [-0.4, -0.2) is 61.9 Å². The lowest BCUT2D eigenvalue weighted by atomic mass is 10.0. The zero-order valence-corrected chi connectivity index (χ0v) is 15.5. The van der Waals surface area contributed by atoms with Gasteiger partial charge >= 0.3 is 5.97 Å². The van der Waals surface area contributed by atoms with Crippen LogP contribution in [0.2, 0.25) is 0 Å². The zero-order chi connectivity index (χ0) is 17.7. The van der Waals surface area contributed by atoms with E-state index in [1.807, 2.05) is 44.3 Å². The normalized spacial score (nSPS) is 16.5. The summed E-state index contributed by atoms with van der Waals surface area (Å²) in [6, 6.07) is 3.85. The van der Waals surface area contributed by atoms with Crippen molar-refractivity contribution < 1.29 is 9.53 Å². The minimum Gasteiger partial charge on any atom is -0.459 e. The van der Waals surface area contributed by atoms with Gasteiger partial charge in [0.05, 0.1) is 17.6 Å². The Hall–Kier alpha value is -1.88. The predicted octanol–water partition coefficient (Wildman–Crippen LogP) is 3.17. The van der Waals surface area contributed by atoms with Gasteiger partial charge in [0.2, 0.25) is 0 Å². The molecule has 0 radical (unpaired) electrons. The third-order valence-electron chi connectivity index (χ3n) is 4.59.